The number of carbonyl (C=O) groups excluding carboxylic acids is 3. The molecule has 0 heterocycles. The predicted molar refractivity (Wildman–Crippen MR) is 112 cm³/mol. The van der Waals surface area contributed by atoms with E-state index < -0.39 is 51.2 Å². The molecule has 2 rings (SSSR count). The van der Waals surface area contributed by atoms with E-state index in [9.17, 15) is 27.2 Å². The number of rotatable bonds is 10. The number of amides is 3. The van der Waals surface area contributed by atoms with Gasteiger partial charge in [-0.2, -0.15) is 0 Å². The van der Waals surface area contributed by atoms with Crippen LogP contribution in [-0.2, 0) is 30.6 Å². The van der Waals surface area contributed by atoms with Gasteiger partial charge in [0.25, 0.3) is 0 Å². The molecule has 0 aliphatic rings. The van der Waals surface area contributed by atoms with Crippen molar-refractivity contribution in [3.8, 4) is 0 Å². The second kappa shape index (κ2) is 10.7. The van der Waals surface area contributed by atoms with Gasteiger partial charge in [-0.05, 0) is 36.2 Å². The summed E-state index contributed by atoms with van der Waals surface area (Å²) in [6, 6.07) is 10.8. The van der Waals surface area contributed by atoms with Gasteiger partial charge in [-0.25, -0.2) is 12.8 Å². The van der Waals surface area contributed by atoms with Gasteiger partial charge in [0.1, 0.15) is 17.9 Å². The number of primary amides is 1. The number of hydrogen-bond acceptors (Lipinski definition) is 5. The summed E-state index contributed by atoms with van der Waals surface area (Å²) in [4.78, 5) is 36.1. The third kappa shape index (κ3) is 7.49. The van der Waals surface area contributed by atoms with Gasteiger partial charge < -0.3 is 16.4 Å². The Bertz CT molecular complexity index is 1030. The van der Waals surface area contributed by atoms with Crippen LogP contribution in [0.4, 0.5) is 4.39 Å². The fourth-order valence-corrected chi connectivity index (χ4v) is 4.24. The van der Waals surface area contributed by atoms with Crippen LogP contribution in [0.3, 0.4) is 0 Å². The van der Waals surface area contributed by atoms with Crippen molar-refractivity contribution in [3.63, 3.8) is 0 Å². The summed E-state index contributed by atoms with van der Waals surface area (Å²) in [7, 11) is -3.68. The van der Waals surface area contributed by atoms with Crippen molar-refractivity contribution in [1.82, 2.24) is 10.6 Å². The van der Waals surface area contributed by atoms with Crippen molar-refractivity contribution in [2.24, 2.45) is 5.73 Å². The number of sulfone groups is 1. The Kier molecular flexibility index (Phi) is 8.26. The van der Waals surface area contributed by atoms with Gasteiger partial charge >= 0.3 is 0 Å². The maximum absolute atomic E-state index is 13.1. The van der Waals surface area contributed by atoms with Gasteiger partial charge in [0.2, 0.25) is 17.7 Å². The SMILES string of the molecule is CC(=O)N[C@H](Cc1ccc(F)cc1)C(=O)N[C@@H](CCS(=O)(=O)c1ccccc1)C(N)=O. The molecule has 4 N–H and O–H groups in total. The fourth-order valence-electron chi connectivity index (χ4n) is 2.89. The van der Waals surface area contributed by atoms with Crippen molar-refractivity contribution in [1.29, 1.82) is 0 Å². The topological polar surface area (TPSA) is 135 Å². The zero-order valence-electron chi connectivity index (χ0n) is 16.9. The highest BCUT2D eigenvalue weighted by molar-refractivity contribution is 7.91. The molecule has 166 valence electrons. The average molecular weight is 450 g/mol. The highest BCUT2D eigenvalue weighted by Gasteiger charge is 2.27. The molecular weight excluding hydrogens is 425 g/mol. The van der Waals surface area contributed by atoms with E-state index in [1.807, 2.05) is 0 Å². The lowest BCUT2D eigenvalue weighted by Gasteiger charge is -2.21. The number of nitrogens with one attached hydrogen (secondary N) is 2. The van der Waals surface area contributed by atoms with Crippen LogP contribution in [0.15, 0.2) is 59.5 Å². The van der Waals surface area contributed by atoms with E-state index in [-0.39, 0.29) is 17.7 Å². The van der Waals surface area contributed by atoms with E-state index in [2.05, 4.69) is 10.6 Å². The summed E-state index contributed by atoms with van der Waals surface area (Å²) in [5.41, 5.74) is 5.93. The Morgan fingerprint density at radius 2 is 1.58 bits per heavy atom. The minimum Gasteiger partial charge on any atom is -0.368 e. The molecule has 0 aliphatic heterocycles. The lowest BCUT2D eigenvalue weighted by molar-refractivity contribution is -0.130. The molecule has 2 atom stereocenters. The molecule has 8 nitrogen and oxygen atoms in total. The van der Waals surface area contributed by atoms with E-state index >= 15 is 0 Å². The quantitative estimate of drug-likeness (QED) is 0.491. The summed E-state index contributed by atoms with van der Waals surface area (Å²) in [5, 5.41) is 4.88. The zero-order valence-corrected chi connectivity index (χ0v) is 17.7. The largest absolute Gasteiger partial charge is 0.368 e. The molecule has 2 aromatic carbocycles. The summed E-state index contributed by atoms with van der Waals surface area (Å²) in [6.07, 6.45) is -0.193. The van der Waals surface area contributed by atoms with Crippen LogP contribution < -0.4 is 16.4 Å². The second-order valence-corrected chi connectivity index (χ2v) is 9.08. The molecule has 0 saturated heterocycles. The summed E-state index contributed by atoms with van der Waals surface area (Å²) in [5.74, 6) is -2.95. The van der Waals surface area contributed by atoms with E-state index in [4.69, 9.17) is 5.73 Å². The minimum atomic E-state index is -3.68. The zero-order chi connectivity index (χ0) is 23.0. The van der Waals surface area contributed by atoms with E-state index in [1.165, 1.54) is 43.3 Å². The predicted octanol–water partition coefficient (Wildman–Crippen LogP) is 0.707. The molecule has 3 amide bonds. The van der Waals surface area contributed by atoms with Crippen LogP contribution in [0.2, 0.25) is 0 Å². The van der Waals surface area contributed by atoms with Gasteiger partial charge in [-0.3, -0.25) is 14.4 Å². The third-order valence-corrected chi connectivity index (χ3v) is 6.25. The number of carbonyl (C=O) groups is 3. The van der Waals surface area contributed by atoms with Crippen LogP contribution in [0.1, 0.15) is 18.9 Å². The Balaban J connectivity index is 2.09. The molecule has 0 saturated carbocycles. The maximum atomic E-state index is 13.1. The van der Waals surface area contributed by atoms with Crippen LogP contribution in [0.25, 0.3) is 0 Å². The lowest BCUT2D eigenvalue weighted by Crippen LogP contribution is -2.53. The van der Waals surface area contributed by atoms with Crippen LogP contribution in [-0.4, -0.2) is 44.0 Å². The first-order valence-electron chi connectivity index (χ1n) is 9.47. The van der Waals surface area contributed by atoms with Gasteiger partial charge in [0, 0.05) is 13.3 Å². The van der Waals surface area contributed by atoms with Crippen molar-refractivity contribution in [2.45, 2.75) is 36.7 Å². The molecule has 0 bridgehead atoms. The van der Waals surface area contributed by atoms with Gasteiger partial charge in [-0.15, -0.1) is 0 Å². The first-order chi connectivity index (χ1) is 14.6. The molecule has 0 aromatic heterocycles. The third-order valence-electron chi connectivity index (χ3n) is 4.48. The van der Waals surface area contributed by atoms with Crippen LogP contribution in [0.5, 0.6) is 0 Å². The molecule has 0 aliphatic carbocycles. The highest BCUT2D eigenvalue weighted by Crippen LogP contribution is 2.12. The molecular formula is C21H24FN3O5S. The second-order valence-electron chi connectivity index (χ2n) is 6.97. The Morgan fingerprint density at radius 3 is 2.13 bits per heavy atom. The van der Waals surface area contributed by atoms with Gasteiger partial charge in [0.05, 0.1) is 10.6 Å². The Morgan fingerprint density at radius 1 is 0.968 bits per heavy atom. The van der Waals surface area contributed by atoms with E-state index in [1.54, 1.807) is 18.2 Å². The minimum absolute atomic E-state index is 0.0412. The molecule has 0 radical (unpaired) electrons. The van der Waals surface area contributed by atoms with Crippen molar-refractivity contribution >= 4 is 27.6 Å². The fraction of sp³-hybridized carbons (Fsp3) is 0.286. The summed E-state index contributed by atoms with van der Waals surface area (Å²) < 4.78 is 38.0. The van der Waals surface area contributed by atoms with E-state index in [0.717, 1.165) is 0 Å². The first-order valence-corrected chi connectivity index (χ1v) is 11.1. The number of hydrogen-bond donors (Lipinski definition) is 3. The van der Waals surface area contributed by atoms with Crippen LogP contribution in [0, 0.1) is 5.82 Å². The number of halogens is 1. The molecule has 0 fully saturated rings. The van der Waals surface area contributed by atoms with Crippen molar-refractivity contribution < 1.29 is 27.2 Å². The molecule has 2 aromatic rings. The molecule has 0 unspecified atom stereocenters. The van der Waals surface area contributed by atoms with Crippen molar-refractivity contribution in [3.05, 3.63) is 66.0 Å². The Hall–Kier alpha value is -3.27. The standard InChI is InChI=1S/C21H24FN3O5S/c1-14(26)24-19(13-15-7-9-16(22)10-8-15)21(28)25-18(20(23)27)11-12-31(29,30)17-5-3-2-4-6-17/h2-10,18-19H,11-13H2,1H3,(H2,23,27)(H,24,26)(H,25,28)/t18-,19+/m0/s1. The molecule has 10 heteroatoms. The van der Waals surface area contributed by atoms with Crippen molar-refractivity contribution in [2.75, 3.05) is 5.75 Å². The number of benzene rings is 2. The maximum Gasteiger partial charge on any atom is 0.243 e. The molecule has 31 heavy (non-hydrogen) atoms. The van der Waals surface area contributed by atoms with Gasteiger partial charge in [0.15, 0.2) is 9.84 Å². The summed E-state index contributed by atoms with van der Waals surface area (Å²) in [6.45, 7) is 1.23. The van der Waals surface area contributed by atoms with E-state index in [0.29, 0.717) is 5.56 Å². The summed E-state index contributed by atoms with van der Waals surface area (Å²) >= 11 is 0. The first kappa shape index (κ1) is 24.0. The Labute approximate surface area is 179 Å². The highest BCUT2D eigenvalue weighted by atomic mass is 32.2. The monoisotopic (exact) mass is 449 g/mol. The van der Waals surface area contributed by atoms with Crippen LogP contribution >= 0.6 is 0 Å². The normalized spacial score (nSPS) is 13.1. The lowest BCUT2D eigenvalue weighted by atomic mass is 10.0. The van der Waals surface area contributed by atoms with Gasteiger partial charge in [-0.1, -0.05) is 30.3 Å². The average Bonchev–Trinajstić information content (AvgIpc) is 2.72. The molecule has 0 spiro atoms. The smallest absolute Gasteiger partial charge is 0.243 e. The number of nitrogens with two attached hydrogens (primary N) is 1.